The van der Waals surface area contributed by atoms with Crippen LogP contribution in [0.3, 0.4) is 0 Å². The molecule has 0 aromatic rings. The van der Waals surface area contributed by atoms with Crippen molar-refractivity contribution in [3.05, 3.63) is 11.6 Å². The molecule has 0 aromatic heterocycles. The fourth-order valence-electron chi connectivity index (χ4n) is 8.04. The van der Waals surface area contributed by atoms with E-state index in [1.54, 1.807) is 0 Å². The largest absolute Gasteiger partial charge is 0.330 e. The van der Waals surface area contributed by atoms with Crippen LogP contribution in [-0.4, -0.2) is 18.8 Å². The van der Waals surface area contributed by atoms with Crippen molar-refractivity contribution in [2.24, 2.45) is 51.1 Å². The van der Waals surface area contributed by atoms with E-state index in [1.807, 2.05) is 5.57 Å². The van der Waals surface area contributed by atoms with E-state index in [0.717, 1.165) is 49.1 Å². The molecule has 7 unspecified atom stereocenters. The zero-order chi connectivity index (χ0) is 19.2. The van der Waals surface area contributed by atoms with Gasteiger partial charge in [0, 0.05) is 18.2 Å². The monoisotopic (exact) mass is 370 g/mol. The molecule has 3 saturated carbocycles. The summed E-state index contributed by atoms with van der Waals surface area (Å²) in [7, 11) is 0. The Morgan fingerprint density at radius 2 is 1.93 bits per heavy atom. The van der Waals surface area contributed by atoms with Crippen molar-refractivity contribution < 1.29 is 0 Å². The Balaban J connectivity index is 1.56. The second kappa shape index (κ2) is 7.32. The molecule has 0 aromatic carbocycles. The van der Waals surface area contributed by atoms with Gasteiger partial charge in [0.1, 0.15) is 0 Å². The van der Waals surface area contributed by atoms with Crippen LogP contribution in [0.1, 0.15) is 85.5 Å². The summed E-state index contributed by atoms with van der Waals surface area (Å²) in [5.41, 5.74) is 9.95. The molecule has 152 valence electrons. The van der Waals surface area contributed by atoms with E-state index in [0.29, 0.717) is 10.8 Å². The fourth-order valence-corrected chi connectivity index (χ4v) is 8.04. The third-order valence-corrected chi connectivity index (χ3v) is 9.57. The SMILES string of the molecule is CC(=NCCCN)C1CCC2C3CCC4=CC(C)CCC4(C)C3CCC12C. The molecule has 0 aliphatic heterocycles. The molecule has 2 heteroatoms. The summed E-state index contributed by atoms with van der Waals surface area (Å²) < 4.78 is 0. The van der Waals surface area contributed by atoms with Crippen molar-refractivity contribution in [2.45, 2.75) is 85.5 Å². The van der Waals surface area contributed by atoms with Crippen LogP contribution >= 0.6 is 0 Å². The van der Waals surface area contributed by atoms with E-state index in [9.17, 15) is 0 Å². The van der Waals surface area contributed by atoms with Crippen LogP contribution in [0, 0.1) is 40.4 Å². The van der Waals surface area contributed by atoms with Gasteiger partial charge in [-0.3, -0.25) is 4.99 Å². The van der Waals surface area contributed by atoms with Gasteiger partial charge in [0.15, 0.2) is 0 Å². The Hall–Kier alpha value is -0.630. The van der Waals surface area contributed by atoms with Crippen molar-refractivity contribution in [3.63, 3.8) is 0 Å². The molecular formula is C25H42N2. The number of hydrogen-bond donors (Lipinski definition) is 1. The lowest BCUT2D eigenvalue weighted by Gasteiger charge is -2.58. The van der Waals surface area contributed by atoms with Crippen molar-refractivity contribution in [1.29, 1.82) is 0 Å². The molecule has 4 rings (SSSR count). The minimum absolute atomic E-state index is 0.497. The number of hydrogen-bond acceptors (Lipinski definition) is 2. The Kier molecular flexibility index (Phi) is 5.33. The zero-order valence-corrected chi connectivity index (χ0v) is 18.3. The van der Waals surface area contributed by atoms with E-state index in [2.05, 4.69) is 33.8 Å². The van der Waals surface area contributed by atoms with Crippen LogP contribution in [0.2, 0.25) is 0 Å². The van der Waals surface area contributed by atoms with E-state index >= 15 is 0 Å². The van der Waals surface area contributed by atoms with E-state index in [4.69, 9.17) is 10.7 Å². The standard InChI is InChI=1S/C25H42N2/c1-17-10-12-24(3)19(16-17)6-7-20-22-9-8-21(18(2)27-15-5-14-26)25(22,4)13-11-23(20)24/h16-17,20-23H,5-15,26H2,1-4H3. The molecular weight excluding hydrogens is 328 g/mol. The molecule has 0 heterocycles. The highest BCUT2D eigenvalue weighted by Crippen LogP contribution is 2.67. The van der Waals surface area contributed by atoms with Gasteiger partial charge < -0.3 is 5.73 Å². The third-order valence-electron chi connectivity index (χ3n) is 9.57. The summed E-state index contributed by atoms with van der Waals surface area (Å²) >= 11 is 0. The summed E-state index contributed by atoms with van der Waals surface area (Å²) in [4.78, 5) is 4.95. The molecule has 3 fully saturated rings. The number of fused-ring (bicyclic) bond motifs is 5. The molecule has 27 heavy (non-hydrogen) atoms. The number of rotatable bonds is 4. The molecule has 0 amide bonds. The molecule has 0 spiro atoms. The van der Waals surface area contributed by atoms with Crippen molar-refractivity contribution in [2.75, 3.05) is 13.1 Å². The number of nitrogens with zero attached hydrogens (tertiary/aromatic N) is 1. The quantitative estimate of drug-likeness (QED) is 0.367. The van der Waals surface area contributed by atoms with Gasteiger partial charge >= 0.3 is 0 Å². The summed E-state index contributed by atoms with van der Waals surface area (Å²) in [6, 6.07) is 0. The minimum Gasteiger partial charge on any atom is -0.330 e. The van der Waals surface area contributed by atoms with Crippen LogP contribution in [0.15, 0.2) is 16.6 Å². The van der Waals surface area contributed by atoms with Gasteiger partial charge in [-0.1, -0.05) is 32.4 Å². The van der Waals surface area contributed by atoms with Gasteiger partial charge in [-0.05, 0) is 106 Å². The van der Waals surface area contributed by atoms with E-state index < -0.39 is 0 Å². The number of nitrogens with two attached hydrogens (primary N) is 1. The topological polar surface area (TPSA) is 38.4 Å². The van der Waals surface area contributed by atoms with Crippen LogP contribution in [0.5, 0.6) is 0 Å². The molecule has 4 aliphatic rings. The average Bonchev–Trinajstić information content (AvgIpc) is 3.00. The van der Waals surface area contributed by atoms with Gasteiger partial charge in [0.25, 0.3) is 0 Å². The predicted octanol–water partition coefficient (Wildman–Crippen LogP) is 6.01. The maximum Gasteiger partial charge on any atom is 0.0400 e. The second-order valence-electron chi connectivity index (χ2n) is 10.9. The fraction of sp³-hybridized carbons (Fsp3) is 0.880. The minimum atomic E-state index is 0.497. The highest BCUT2D eigenvalue weighted by Gasteiger charge is 2.59. The molecule has 0 radical (unpaired) electrons. The lowest BCUT2D eigenvalue weighted by atomic mass is 9.46. The van der Waals surface area contributed by atoms with Crippen LogP contribution in [-0.2, 0) is 0 Å². The summed E-state index contributed by atoms with van der Waals surface area (Å²) in [5.74, 6) is 4.36. The summed E-state index contributed by atoms with van der Waals surface area (Å²) in [6.07, 6.45) is 15.1. The normalized spacial score (nSPS) is 47.1. The maximum atomic E-state index is 5.67. The lowest BCUT2D eigenvalue weighted by molar-refractivity contribution is -0.0446. The summed E-state index contributed by atoms with van der Waals surface area (Å²) in [5, 5.41) is 0. The highest BCUT2D eigenvalue weighted by atomic mass is 14.8. The molecule has 4 aliphatic carbocycles. The third kappa shape index (κ3) is 3.15. The molecule has 0 bridgehead atoms. The van der Waals surface area contributed by atoms with Crippen molar-refractivity contribution in [1.82, 2.24) is 0 Å². The van der Waals surface area contributed by atoms with Gasteiger partial charge in [-0.15, -0.1) is 0 Å². The zero-order valence-electron chi connectivity index (χ0n) is 18.3. The smallest absolute Gasteiger partial charge is 0.0400 e. The van der Waals surface area contributed by atoms with E-state index in [1.165, 1.54) is 57.1 Å². The molecule has 2 nitrogen and oxygen atoms in total. The average molecular weight is 371 g/mol. The molecule has 2 N–H and O–H groups in total. The summed E-state index contributed by atoms with van der Waals surface area (Å²) in [6.45, 7) is 11.7. The van der Waals surface area contributed by atoms with Crippen LogP contribution in [0.25, 0.3) is 0 Å². The Bertz CT molecular complexity index is 620. The highest BCUT2D eigenvalue weighted by molar-refractivity contribution is 5.85. The second-order valence-corrected chi connectivity index (χ2v) is 10.9. The molecule has 0 saturated heterocycles. The van der Waals surface area contributed by atoms with Crippen LogP contribution < -0.4 is 5.73 Å². The Morgan fingerprint density at radius 3 is 2.70 bits per heavy atom. The lowest BCUT2D eigenvalue weighted by Crippen LogP contribution is -2.50. The maximum absolute atomic E-state index is 5.67. The first-order valence-electron chi connectivity index (χ1n) is 11.8. The van der Waals surface area contributed by atoms with Gasteiger partial charge in [0.2, 0.25) is 0 Å². The van der Waals surface area contributed by atoms with Crippen molar-refractivity contribution >= 4 is 5.71 Å². The number of allylic oxidation sites excluding steroid dienone is 2. The van der Waals surface area contributed by atoms with E-state index in [-0.39, 0.29) is 0 Å². The van der Waals surface area contributed by atoms with Gasteiger partial charge in [-0.2, -0.15) is 0 Å². The molecule has 7 atom stereocenters. The predicted molar refractivity (Wildman–Crippen MR) is 116 cm³/mol. The van der Waals surface area contributed by atoms with Crippen LogP contribution in [0.4, 0.5) is 0 Å². The Labute approximate surface area is 167 Å². The number of aliphatic imine (C=N–C) groups is 1. The first-order chi connectivity index (χ1) is 12.9. The van der Waals surface area contributed by atoms with Crippen molar-refractivity contribution in [3.8, 4) is 0 Å². The first-order valence-corrected chi connectivity index (χ1v) is 11.8. The Morgan fingerprint density at radius 1 is 1.11 bits per heavy atom. The first kappa shape index (κ1) is 19.7. The van der Waals surface area contributed by atoms with Gasteiger partial charge in [0.05, 0.1) is 0 Å². The van der Waals surface area contributed by atoms with Gasteiger partial charge in [-0.25, -0.2) is 0 Å².